The number of ether oxygens (including phenoxy) is 2. The lowest BCUT2D eigenvalue weighted by Crippen LogP contribution is -2.43. The predicted molar refractivity (Wildman–Crippen MR) is 68.6 cm³/mol. The fourth-order valence-corrected chi connectivity index (χ4v) is 1.10. The van der Waals surface area contributed by atoms with Crippen LogP contribution in [0.2, 0.25) is 0 Å². The molecule has 1 atom stereocenters. The Bertz CT molecular complexity index is 185. The molecule has 3 heteroatoms. The van der Waals surface area contributed by atoms with Crippen LogP contribution in [0.25, 0.3) is 0 Å². The van der Waals surface area contributed by atoms with Crippen LogP contribution in [0, 0.1) is 5.92 Å². The second-order valence-electron chi connectivity index (χ2n) is 5.74. The fraction of sp³-hybridized carbons (Fsp3) is 1.00. The lowest BCUT2D eigenvalue weighted by atomic mass is 9.91. The van der Waals surface area contributed by atoms with E-state index in [9.17, 15) is 0 Å². The summed E-state index contributed by atoms with van der Waals surface area (Å²) in [7, 11) is 0. The average Bonchev–Trinajstić information content (AvgIpc) is 2.13. The molecule has 0 spiro atoms. The molecule has 1 unspecified atom stereocenters. The quantitative estimate of drug-likeness (QED) is 0.653. The summed E-state index contributed by atoms with van der Waals surface area (Å²) in [5.74, 6) is 0.346. The van der Waals surface area contributed by atoms with Gasteiger partial charge in [0.2, 0.25) is 0 Å². The molecule has 0 aliphatic rings. The van der Waals surface area contributed by atoms with Crippen LogP contribution in [0.1, 0.15) is 48.0 Å². The van der Waals surface area contributed by atoms with Gasteiger partial charge in [-0.05, 0) is 47.0 Å². The molecule has 0 bridgehead atoms. The average molecular weight is 231 g/mol. The Morgan fingerprint density at radius 3 is 2.19 bits per heavy atom. The zero-order chi connectivity index (χ0) is 12.8. The van der Waals surface area contributed by atoms with Gasteiger partial charge in [0.25, 0.3) is 0 Å². The van der Waals surface area contributed by atoms with E-state index >= 15 is 0 Å². The zero-order valence-corrected chi connectivity index (χ0v) is 11.8. The molecule has 0 saturated carbocycles. The normalized spacial score (nSPS) is 15.2. The van der Waals surface area contributed by atoms with E-state index in [0.29, 0.717) is 12.5 Å². The number of hydrogen-bond donors (Lipinski definition) is 1. The van der Waals surface area contributed by atoms with Gasteiger partial charge in [-0.25, -0.2) is 0 Å². The minimum absolute atomic E-state index is 0.130. The third-order valence-corrected chi connectivity index (χ3v) is 3.05. The first kappa shape index (κ1) is 15.9. The van der Waals surface area contributed by atoms with Crippen molar-refractivity contribution < 1.29 is 9.47 Å². The molecule has 2 N–H and O–H groups in total. The SMILES string of the molecule is CCOCCC(C)(C)OCC(C)C(C)(C)N. The maximum Gasteiger partial charge on any atom is 0.0648 e. The van der Waals surface area contributed by atoms with Gasteiger partial charge in [-0.1, -0.05) is 6.92 Å². The van der Waals surface area contributed by atoms with Crippen LogP contribution in [0.4, 0.5) is 0 Å². The van der Waals surface area contributed by atoms with Crippen molar-refractivity contribution in [3.8, 4) is 0 Å². The largest absolute Gasteiger partial charge is 0.382 e. The smallest absolute Gasteiger partial charge is 0.0648 e. The minimum atomic E-state index is -0.185. The van der Waals surface area contributed by atoms with Crippen molar-refractivity contribution in [2.75, 3.05) is 19.8 Å². The van der Waals surface area contributed by atoms with E-state index in [1.807, 2.05) is 20.8 Å². The monoisotopic (exact) mass is 231 g/mol. The van der Waals surface area contributed by atoms with E-state index in [0.717, 1.165) is 19.6 Å². The summed E-state index contributed by atoms with van der Waals surface area (Å²) >= 11 is 0. The standard InChI is InChI=1S/C13H29NO2/c1-7-15-9-8-12(3,4)16-10-11(2)13(5,6)14/h11H,7-10,14H2,1-6H3. The highest BCUT2D eigenvalue weighted by atomic mass is 16.5. The van der Waals surface area contributed by atoms with Crippen molar-refractivity contribution in [1.29, 1.82) is 0 Å². The van der Waals surface area contributed by atoms with Crippen LogP contribution in [0.3, 0.4) is 0 Å². The number of nitrogens with two attached hydrogens (primary N) is 1. The molecule has 0 aromatic carbocycles. The lowest BCUT2D eigenvalue weighted by molar-refractivity contribution is -0.0591. The Morgan fingerprint density at radius 2 is 1.75 bits per heavy atom. The van der Waals surface area contributed by atoms with E-state index in [4.69, 9.17) is 15.2 Å². The highest BCUT2D eigenvalue weighted by Crippen LogP contribution is 2.19. The molecule has 0 radical (unpaired) electrons. The van der Waals surface area contributed by atoms with Crippen LogP contribution in [-0.4, -0.2) is 31.0 Å². The number of hydrogen-bond acceptors (Lipinski definition) is 3. The van der Waals surface area contributed by atoms with Crippen LogP contribution in [-0.2, 0) is 9.47 Å². The van der Waals surface area contributed by atoms with Crippen molar-refractivity contribution >= 4 is 0 Å². The van der Waals surface area contributed by atoms with E-state index in [1.165, 1.54) is 0 Å². The van der Waals surface area contributed by atoms with E-state index in [-0.39, 0.29) is 11.1 Å². The first-order valence-electron chi connectivity index (χ1n) is 6.19. The zero-order valence-electron chi connectivity index (χ0n) is 11.8. The van der Waals surface area contributed by atoms with Crippen molar-refractivity contribution in [2.45, 2.75) is 59.1 Å². The maximum atomic E-state index is 6.03. The first-order chi connectivity index (χ1) is 7.19. The first-order valence-corrected chi connectivity index (χ1v) is 6.19. The molecular formula is C13H29NO2. The molecule has 0 aromatic rings. The van der Waals surface area contributed by atoms with Crippen LogP contribution >= 0.6 is 0 Å². The Morgan fingerprint density at radius 1 is 1.19 bits per heavy atom. The van der Waals surface area contributed by atoms with E-state index < -0.39 is 0 Å². The molecule has 3 nitrogen and oxygen atoms in total. The predicted octanol–water partition coefficient (Wildman–Crippen LogP) is 2.58. The highest BCUT2D eigenvalue weighted by molar-refractivity contribution is 4.80. The molecular weight excluding hydrogens is 202 g/mol. The van der Waals surface area contributed by atoms with Crippen molar-refractivity contribution in [3.05, 3.63) is 0 Å². The Kier molecular flexibility index (Phi) is 6.53. The fourth-order valence-electron chi connectivity index (χ4n) is 1.10. The van der Waals surface area contributed by atoms with E-state index in [2.05, 4.69) is 20.8 Å². The summed E-state index contributed by atoms with van der Waals surface area (Å²) in [6.45, 7) is 14.6. The van der Waals surface area contributed by atoms with Crippen molar-refractivity contribution in [1.82, 2.24) is 0 Å². The van der Waals surface area contributed by atoms with Gasteiger partial charge in [-0.15, -0.1) is 0 Å². The molecule has 0 aliphatic carbocycles. The molecule has 0 aliphatic heterocycles. The Labute approximate surface area is 101 Å². The highest BCUT2D eigenvalue weighted by Gasteiger charge is 2.25. The summed E-state index contributed by atoms with van der Waals surface area (Å²) in [4.78, 5) is 0. The molecule has 0 fully saturated rings. The van der Waals surface area contributed by atoms with Gasteiger partial charge >= 0.3 is 0 Å². The summed E-state index contributed by atoms with van der Waals surface area (Å²) in [5, 5.41) is 0. The molecule has 16 heavy (non-hydrogen) atoms. The molecule has 0 saturated heterocycles. The molecule has 0 aromatic heterocycles. The van der Waals surface area contributed by atoms with Gasteiger partial charge < -0.3 is 15.2 Å². The minimum Gasteiger partial charge on any atom is -0.382 e. The van der Waals surface area contributed by atoms with Crippen LogP contribution in [0.15, 0.2) is 0 Å². The maximum absolute atomic E-state index is 6.03. The number of rotatable bonds is 8. The molecule has 0 heterocycles. The van der Waals surface area contributed by atoms with Crippen LogP contribution < -0.4 is 5.73 Å². The summed E-state index contributed by atoms with van der Waals surface area (Å²) in [6, 6.07) is 0. The van der Waals surface area contributed by atoms with Gasteiger partial charge in [-0.3, -0.25) is 0 Å². The van der Waals surface area contributed by atoms with Gasteiger partial charge in [0, 0.05) is 18.8 Å². The van der Waals surface area contributed by atoms with Gasteiger partial charge in [0.1, 0.15) is 0 Å². The van der Waals surface area contributed by atoms with Gasteiger partial charge in [-0.2, -0.15) is 0 Å². The third-order valence-electron chi connectivity index (χ3n) is 3.05. The van der Waals surface area contributed by atoms with Gasteiger partial charge in [0.15, 0.2) is 0 Å². The Balaban J connectivity index is 3.89. The summed E-state index contributed by atoms with van der Waals surface area (Å²) in [5.41, 5.74) is 5.71. The van der Waals surface area contributed by atoms with E-state index in [1.54, 1.807) is 0 Å². The van der Waals surface area contributed by atoms with Gasteiger partial charge in [0.05, 0.1) is 12.2 Å². The molecule has 0 amide bonds. The third kappa shape index (κ3) is 7.20. The van der Waals surface area contributed by atoms with Crippen molar-refractivity contribution in [3.63, 3.8) is 0 Å². The molecule has 98 valence electrons. The Hall–Kier alpha value is -0.120. The summed E-state index contributed by atoms with van der Waals surface area (Å²) < 4.78 is 11.2. The second-order valence-corrected chi connectivity index (χ2v) is 5.74. The summed E-state index contributed by atoms with van der Waals surface area (Å²) in [6.07, 6.45) is 0.915. The van der Waals surface area contributed by atoms with Crippen LogP contribution in [0.5, 0.6) is 0 Å². The molecule has 0 rings (SSSR count). The second kappa shape index (κ2) is 6.58. The van der Waals surface area contributed by atoms with Crippen molar-refractivity contribution in [2.24, 2.45) is 11.7 Å². The topological polar surface area (TPSA) is 44.5 Å². The lowest BCUT2D eigenvalue weighted by Gasteiger charge is -2.32.